The molecule has 0 aromatic carbocycles. The molecule has 1 unspecified atom stereocenters. The van der Waals surface area contributed by atoms with Crippen LogP contribution in [0.15, 0.2) is 17.0 Å². The number of rotatable bonds is 3. The Morgan fingerprint density at radius 2 is 2.50 bits per heavy atom. The fourth-order valence-corrected chi connectivity index (χ4v) is 1.98. The minimum absolute atomic E-state index is 0.249. The van der Waals surface area contributed by atoms with Crippen molar-refractivity contribution < 1.29 is 9.26 Å². The Morgan fingerprint density at radius 1 is 1.56 bits per heavy atom. The minimum Gasteiger partial charge on any atom is -0.378 e. The zero-order chi connectivity index (χ0) is 12.4. The van der Waals surface area contributed by atoms with E-state index in [9.17, 15) is 0 Å². The van der Waals surface area contributed by atoms with Gasteiger partial charge in [-0.05, 0) is 0 Å². The summed E-state index contributed by atoms with van der Waals surface area (Å²) in [5, 5.41) is 7.32. The third-order valence-corrected chi connectivity index (χ3v) is 2.93. The zero-order valence-electron chi connectivity index (χ0n) is 10.2. The average Bonchev–Trinajstić information content (AvgIpc) is 2.99. The number of aryl methyl sites for hydroxylation is 1. The van der Waals surface area contributed by atoms with E-state index in [2.05, 4.69) is 20.4 Å². The lowest BCUT2D eigenvalue weighted by atomic mass is 10.2. The monoisotopic (exact) mass is 249 g/mol. The molecule has 7 nitrogen and oxygen atoms in total. The molecule has 0 amide bonds. The average molecular weight is 249 g/mol. The van der Waals surface area contributed by atoms with Gasteiger partial charge < -0.3 is 19.1 Å². The van der Waals surface area contributed by atoms with Crippen LogP contribution >= 0.6 is 0 Å². The SMILES string of the molecule is Cn1cncc1-c1noc(CC2COCCN2)n1. The molecular formula is C11H15N5O2. The molecule has 1 aliphatic rings. The van der Waals surface area contributed by atoms with Crippen molar-refractivity contribution in [2.45, 2.75) is 12.5 Å². The van der Waals surface area contributed by atoms with Crippen molar-refractivity contribution in [3.8, 4) is 11.5 Å². The van der Waals surface area contributed by atoms with E-state index in [1.165, 1.54) is 0 Å². The second kappa shape index (κ2) is 4.87. The molecule has 96 valence electrons. The topological polar surface area (TPSA) is 78.0 Å². The molecule has 2 aromatic rings. The molecule has 1 saturated heterocycles. The van der Waals surface area contributed by atoms with Crippen molar-refractivity contribution in [1.82, 2.24) is 25.0 Å². The molecule has 18 heavy (non-hydrogen) atoms. The number of hydrogen-bond donors (Lipinski definition) is 1. The third kappa shape index (κ3) is 2.27. The van der Waals surface area contributed by atoms with E-state index in [0.29, 0.717) is 24.7 Å². The minimum atomic E-state index is 0.249. The molecular weight excluding hydrogens is 234 g/mol. The van der Waals surface area contributed by atoms with Crippen LogP contribution in [-0.4, -0.2) is 45.5 Å². The van der Waals surface area contributed by atoms with Gasteiger partial charge in [-0.15, -0.1) is 0 Å². The Morgan fingerprint density at radius 3 is 3.22 bits per heavy atom. The molecule has 0 saturated carbocycles. The van der Waals surface area contributed by atoms with Gasteiger partial charge in [0.05, 0.1) is 25.7 Å². The van der Waals surface area contributed by atoms with E-state index in [1.807, 2.05) is 11.6 Å². The molecule has 3 rings (SSSR count). The van der Waals surface area contributed by atoms with Crippen LogP contribution in [-0.2, 0) is 18.2 Å². The van der Waals surface area contributed by atoms with Gasteiger partial charge in [-0.2, -0.15) is 4.98 Å². The lowest BCUT2D eigenvalue weighted by molar-refractivity contribution is 0.0744. The summed E-state index contributed by atoms with van der Waals surface area (Å²) < 4.78 is 12.5. The second-order valence-electron chi connectivity index (χ2n) is 4.33. The molecule has 2 aromatic heterocycles. The van der Waals surface area contributed by atoms with Gasteiger partial charge in [-0.1, -0.05) is 5.16 Å². The maximum absolute atomic E-state index is 5.39. The number of hydrogen-bond acceptors (Lipinski definition) is 6. The fourth-order valence-electron chi connectivity index (χ4n) is 1.98. The molecule has 7 heteroatoms. The van der Waals surface area contributed by atoms with Crippen LogP contribution in [0.1, 0.15) is 5.89 Å². The summed E-state index contributed by atoms with van der Waals surface area (Å²) in [5.74, 6) is 1.19. The van der Waals surface area contributed by atoms with Gasteiger partial charge in [0, 0.05) is 26.1 Å². The Hall–Kier alpha value is -1.73. The van der Waals surface area contributed by atoms with Crippen LogP contribution in [0.4, 0.5) is 0 Å². The number of imidazole rings is 1. The van der Waals surface area contributed by atoms with Crippen molar-refractivity contribution in [2.75, 3.05) is 19.8 Å². The number of aromatic nitrogens is 4. The van der Waals surface area contributed by atoms with E-state index in [0.717, 1.165) is 18.8 Å². The highest BCUT2D eigenvalue weighted by Crippen LogP contribution is 2.14. The van der Waals surface area contributed by atoms with E-state index in [1.54, 1.807) is 12.5 Å². The predicted molar refractivity (Wildman–Crippen MR) is 62.8 cm³/mol. The largest absolute Gasteiger partial charge is 0.378 e. The van der Waals surface area contributed by atoms with Gasteiger partial charge in [0.15, 0.2) is 0 Å². The molecule has 0 radical (unpaired) electrons. The Kier molecular flexibility index (Phi) is 3.07. The standard InChI is InChI=1S/C11H15N5O2/c1-16-7-12-5-9(16)11-14-10(18-15-11)4-8-6-17-3-2-13-8/h5,7-8,13H,2-4,6H2,1H3. The summed E-state index contributed by atoms with van der Waals surface area (Å²) in [5.41, 5.74) is 0.845. The summed E-state index contributed by atoms with van der Waals surface area (Å²) in [4.78, 5) is 8.41. The molecule has 1 N–H and O–H groups in total. The van der Waals surface area contributed by atoms with Crippen molar-refractivity contribution in [3.63, 3.8) is 0 Å². The maximum Gasteiger partial charge on any atom is 0.228 e. The first-order valence-corrected chi connectivity index (χ1v) is 5.93. The van der Waals surface area contributed by atoms with Gasteiger partial charge in [0.1, 0.15) is 5.69 Å². The molecule has 0 spiro atoms. The maximum atomic E-state index is 5.39. The lowest BCUT2D eigenvalue weighted by Gasteiger charge is -2.22. The van der Waals surface area contributed by atoms with Crippen LogP contribution in [0, 0.1) is 0 Å². The summed E-state index contributed by atoms with van der Waals surface area (Å²) in [6.45, 7) is 2.32. The van der Waals surface area contributed by atoms with E-state index >= 15 is 0 Å². The molecule has 1 atom stereocenters. The molecule has 0 bridgehead atoms. The first-order chi connectivity index (χ1) is 8.83. The normalized spacial score (nSPS) is 20.2. The van der Waals surface area contributed by atoms with Gasteiger partial charge in [0.25, 0.3) is 0 Å². The highest BCUT2D eigenvalue weighted by atomic mass is 16.5. The van der Waals surface area contributed by atoms with Crippen LogP contribution in [0.25, 0.3) is 11.5 Å². The van der Waals surface area contributed by atoms with Crippen LogP contribution < -0.4 is 5.32 Å². The Balaban J connectivity index is 1.71. The summed E-state index contributed by atoms with van der Waals surface area (Å²) in [6.07, 6.45) is 4.11. The van der Waals surface area contributed by atoms with E-state index < -0.39 is 0 Å². The lowest BCUT2D eigenvalue weighted by Crippen LogP contribution is -2.42. The van der Waals surface area contributed by atoms with Crippen LogP contribution in [0.2, 0.25) is 0 Å². The van der Waals surface area contributed by atoms with Crippen molar-refractivity contribution in [3.05, 3.63) is 18.4 Å². The highest BCUT2D eigenvalue weighted by Gasteiger charge is 2.18. The quantitative estimate of drug-likeness (QED) is 0.825. The number of ether oxygens (including phenoxy) is 1. The smallest absolute Gasteiger partial charge is 0.228 e. The van der Waals surface area contributed by atoms with E-state index in [-0.39, 0.29) is 6.04 Å². The van der Waals surface area contributed by atoms with E-state index in [4.69, 9.17) is 9.26 Å². The number of nitrogens with zero attached hydrogens (tertiary/aromatic N) is 4. The van der Waals surface area contributed by atoms with Crippen molar-refractivity contribution in [2.24, 2.45) is 7.05 Å². The first-order valence-electron chi connectivity index (χ1n) is 5.93. The van der Waals surface area contributed by atoms with Gasteiger partial charge in [-0.25, -0.2) is 4.98 Å². The van der Waals surface area contributed by atoms with Gasteiger partial charge in [0.2, 0.25) is 11.7 Å². The zero-order valence-corrected chi connectivity index (χ0v) is 10.2. The van der Waals surface area contributed by atoms with Gasteiger partial charge in [-0.3, -0.25) is 0 Å². The predicted octanol–water partition coefficient (Wildman–Crippen LogP) is 0.001000. The summed E-state index contributed by atoms with van der Waals surface area (Å²) in [7, 11) is 1.90. The fraction of sp³-hybridized carbons (Fsp3) is 0.545. The molecule has 0 aliphatic carbocycles. The number of nitrogens with one attached hydrogen (secondary N) is 1. The van der Waals surface area contributed by atoms with Crippen LogP contribution in [0.5, 0.6) is 0 Å². The Bertz CT molecular complexity index is 515. The Labute approximate surface area is 104 Å². The summed E-state index contributed by atoms with van der Waals surface area (Å²) in [6, 6.07) is 0.249. The molecule has 1 aliphatic heterocycles. The highest BCUT2D eigenvalue weighted by molar-refractivity contribution is 5.46. The third-order valence-electron chi connectivity index (χ3n) is 2.93. The summed E-state index contributed by atoms with van der Waals surface area (Å²) >= 11 is 0. The molecule has 1 fully saturated rings. The van der Waals surface area contributed by atoms with Gasteiger partial charge >= 0.3 is 0 Å². The first kappa shape index (κ1) is 11.4. The number of morpholine rings is 1. The second-order valence-corrected chi connectivity index (χ2v) is 4.33. The van der Waals surface area contributed by atoms with Crippen LogP contribution in [0.3, 0.4) is 0 Å². The molecule has 3 heterocycles. The van der Waals surface area contributed by atoms with Crippen molar-refractivity contribution >= 4 is 0 Å². The van der Waals surface area contributed by atoms with Crippen molar-refractivity contribution in [1.29, 1.82) is 0 Å².